The first-order valence-electron chi connectivity index (χ1n) is 13.8. The minimum atomic E-state index is 0.0231. The van der Waals surface area contributed by atoms with Gasteiger partial charge in [-0.2, -0.15) is 10.2 Å². The van der Waals surface area contributed by atoms with Crippen LogP contribution in [-0.2, 0) is 0 Å². The third kappa shape index (κ3) is 5.81. The molecule has 0 radical (unpaired) electrons. The van der Waals surface area contributed by atoms with E-state index in [1.54, 1.807) is 0 Å². The molecule has 0 aliphatic heterocycles. The standard InChI is InChI=1S/C33H35N5O2/c1-3-37(4-2)28-15-17-32-30(23-28)33(24-8-6-5-7-9-24)29-22-26(12-16-31(29)34-32)36-35-25-10-13-27(14-11-25)38(18-20-39)19-21-40/h5-17,22-23,39-40H,3-4,18-21H2,1-2H3/b36-35+. The Hall–Kier alpha value is -4.33. The molecule has 0 aliphatic rings. The molecular weight excluding hydrogens is 498 g/mol. The highest BCUT2D eigenvalue weighted by Crippen LogP contribution is 2.38. The van der Waals surface area contributed by atoms with E-state index in [2.05, 4.69) is 77.5 Å². The molecular formula is C33H35N5O2. The van der Waals surface area contributed by atoms with E-state index in [4.69, 9.17) is 4.98 Å². The van der Waals surface area contributed by atoms with Crippen molar-refractivity contribution in [1.82, 2.24) is 4.98 Å². The Kier molecular flexibility index (Phi) is 8.64. The Labute approximate surface area is 235 Å². The van der Waals surface area contributed by atoms with E-state index >= 15 is 0 Å². The zero-order chi connectivity index (χ0) is 27.9. The molecule has 7 heteroatoms. The third-order valence-corrected chi connectivity index (χ3v) is 7.17. The van der Waals surface area contributed by atoms with Gasteiger partial charge in [-0.25, -0.2) is 4.98 Å². The first kappa shape index (κ1) is 27.2. The number of nitrogens with zero attached hydrogens (tertiary/aromatic N) is 5. The second-order valence-corrected chi connectivity index (χ2v) is 9.58. The molecule has 0 bridgehead atoms. The molecule has 0 amide bonds. The summed E-state index contributed by atoms with van der Waals surface area (Å²) in [5, 5.41) is 29.8. The average molecular weight is 534 g/mol. The van der Waals surface area contributed by atoms with Gasteiger partial charge < -0.3 is 20.0 Å². The molecule has 204 valence electrons. The van der Waals surface area contributed by atoms with Crippen LogP contribution in [0.3, 0.4) is 0 Å². The van der Waals surface area contributed by atoms with Gasteiger partial charge in [-0.05, 0) is 80.1 Å². The van der Waals surface area contributed by atoms with Crippen molar-refractivity contribution >= 4 is 44.6 Å². The minimum absolute atomic E-state index is 0.0231. The van der Waals surface area contributed by atoms with Crippen LogP contribution >= 0.6 is 0 Å². The highest BCUT2D eigenvalue weighted by atomic mass is 16.3. The smallest absolute Gasteiger partial charge is 0.0864 e. The summed E-state index contributed by atoms with van der Waals surface area (Å²) in [5.41, 5.74) is 7.73. The van der Waals surface area contributed by atoms with Crippen molar-refractivity contribution in [1.29, 1.82) is 0 Å². The lowest BCUT2D eigenvalue weighted by Crippen LogP contribution is -2.29. The molecule has 5 rings (SSSR count). The van der Waals surface area contributed by atoms with Gasteiger partial charge in [-0.1, -0.05) is 30.3 Å². The molecule has 4 aromatic carbocycles. The molecule has 1 aromatic heterocycles. The van der Waals surface area contributed by atoms with Gasteiger partial charge in [-0.15, -0.1) is 0 Å². The van der Waals surface area contributed by atoms with Crippen molar-refractivity contribution in [2.75, 3.05) is 49.2 Å². The van der Waals surface area contributed by atoms with Crippen molar-refractivity contribution in [2.45, 2.75) is 13.8 Å². The number of benzene rings is 4. The van der Waals surface area contributed by atoms with Gasteiger partial charge >= 0.3 is 0 Å². The molecule has 0 spiro atoms. The van der Waals surface area contributed by atoms with Crippen LogP contribution in [0.25, 0.3) is 32.9 Å². The third-order valence-electron chi connectivity index (χ3n) is 7.17. The molecule has 40 heavy (non-hydrogen) atoms. The van der Waals surface area contributed by atoms with E-state index < -0.39 is 0 Å². The number of aliphatic hydroxyl groups excluding tert-OH is 2. The summed E-state index contributed by atoms with van der Waals surface area (Å²) in [4.78, 5) is 9.28. The summed E-state index contributed by atoms with van der Waals surface area (Å²) in [6, 6.07) is 30.6. The van der Waals surface area contributed by atoms with Gasteiger partial charge in [-0.3, -0.25) is 0 Å². The maximum atomic E-state index is 9.31. The van der Waals surface area contributed by atoms with E-state index in [0.29, 0.717) is 13.1 Å². The van der Waals surface area contributed by atoms with Crippen molar-refractivity contribution in [3.8, 4) is 11.1 Å². The van der Waals surface area contributed by atoms with Crippen molar-refractivity contribution in [3.05, 3.63) is 91.0 Å². The van der Waals surface area contributed by atoms with Crippen LogP contribution in [0.15, 0.2) is 101 Å². The van der Waals surface area contributed by atoms with Crippen molar-refractivity contribution in [3.63, 3.8) is 0 Å². The average Bonchev–Trinajstić information content (AvgIpc) is 3.00. The van der Waals surface area contributed by atoms with Crippen LogP contribution in [0.5, 0.6) is 0 Å². The van der Waals surface area contributed by atoms with Gasteiger partial charge in [0.1, 0.15) is 0 Å². The Morgan fingerprint density at radius 1 is 0.625 bits per heavy atom. The Morgan fingerprint density at radius 3 is 1.85 bits per heavy atom. The van der Waals surface area contributed by atoms with Crippen LogP contribution in [-0.4, -0.2) is 54.6 Å². The summed E-state index contributed by atoms with van der Waals surface area (Å²) in [6.07, 6.45) is 0. The maximum Gasteiger partial charge on any atom is 0.0864 e. The lowest BCUT2D eigenvalue weighted by molar-refractivity contribution is 0.281. The topological polar surface area (TPSA) is 84.6 Å². The van der Waals surface area contributed by atoms with Crippen LogP contribution in [0, 0.1) is 0 Å². The summed E-state index contributed by atoms with van der Waals surface area (Å²) in [6.45, 7) is 7.20. The van der Waals surface area contributed by atoms with E-state index in [9.17, 15) is 10.2 Å². The maximum absolute atomic E-state index is 9.31. The Morgan fingerprint density at radius 2 is 1.20 bits per heavy atom. The first-order valence-corrected chi connectivity index (χ1v) is 13.8. The number of aromatic nitrogens is 1. The number of aliphatic hydroxyl groups is 2. The van der Waals surface area contributed by atoms with Gasteiger partial charge in [0.25, 0.3) is 0 Å². The lowest BCUT2D eigenvalue weighted by atomic mass is 9.95. The van der Waals surface area contributed by atoms with Crippen LogP contribution in [0.1, 0.15) is 13.8 Å². The van der Waals surface area contributed by atoms with Gasteiger partial charge in [0.05, 0.1) is 35.6 Å². The van der Waals surface area contributed by atoms with Gasteiger partial charge in [0, 0.05) is 53.9 Å². The summed E-state index contributed by atoms with van der Waals surface area (Å²) in [7, 11) is 0. The largest absolute Gasteiger partial charge is 0.395 e. The van der Waals surface area contributed by atoms with E-state index in [0.717, 1.165) is 63.1 Å². The summed E-state index contributed by atoms with van der Waals surface area (Å²) >= 11 is 0. The Balaban J connectivity index is 1.56. The fourth-order valence-corrected chi connectivity index (χ4v) is 5.14. The van der Waals surface area contributed by atoms with E-state index in [1.165, 1.54) is 5.69 Å². The first-order chi connectivity index (χ1) is 19.6. The summed E-state index contributed by atoms with van der Waals surface area (Å²) < 4.78 is 0. The minimum Gasteiger partial charge on any atom is -0.395 e. The molecule has 0 saturated heterocycles. The number of azo groups is 1. The predicted molar refractivity (Wildman–Crippen MR) is 165 cm³/mol. The molecule has 2 N–H and O–H groups in total. The van der Waals surface area contributed by atoms with Gasteiger partial charge in [0.2, 0.25) is 0 Å². The molecule has 0 unspecified atom stereocenters. The molecule has 0 fully saturated rings. The second kappa shape index (κ2) is 12.7. The SMILES string of the molecule is CCN(CC)c1ccc2nc3ccc(/N=N/c4ccc(N(CCO)CCO)cc4)cc3c(-c3ccccc3)c2c1. The molecule has 0 saturated carbocycles. The monoisotopic (exact) mass is 533 g/mol. The van der Waals surface area contributed by atoms with Crippen molar-refractivity contribution in [2.24, 2.45) is 10.2 Å². The van der Waals surface area contributed by atoms with E-state index in [-0.39, 0.29) is 13.2 Å². The number of pyridine rings is 1. The lowest BCUT2D eigenvalue weighted by Gasteiger charge is -2.22. The number of rotatable bonds is 11. The zero-order valence-corrected chi connectivity index (χ0v) is 23.0. The second-order valence-electron chi connectivity index (χ2n) is 9.58. The molecule has 0 atom stereocenters. The number of fused-ring (bicyclic) bond motifs is 2. The predicted octanol–water partition coefficient (Wildman–Crippen LogP) is 7.11. The zero-order valence-electron chi connectivity index (χ0n) is 23.0. The van der Waals surface area contributed by atoms with E-state index in [1.807, 2.05) is 47.4 Å². The molecule has 1 heterocycles. The number of hydrogen-bond acceptors (Lipinski definition) is 7. The van der Waals surface area contributed by atoms with Crippen LogP contribution in [0.4, 0.5) is 22.7 Å². The summed E-state index contributed by atoms with van der Waals surface area (Å²) in [5.74, 6) is 0. The quantitative estimate of drug-likeness (QED) is 0.140. The van der Waals surface area contributed by atoms with Crippen LogP contribution in [0.2, 0.25) is 0 Å². The highest BCUT2D eigenvalue weighted by Gasteiger charge is 2.14. The Bertz CT molecular complexity index is 1590. The van der Waals surface area contributed by atoms with Crippen molar-refractivity contribution < 1.29 is 10.2 Å². The normalized spacial score (nSPS) is 11.5. The highest BCUT2D eigenvalue weighted by molar-refractivity contribution is 6.10. The number of anilines is 2. The molecule has 5 aromatic rings. The van der Waals surface area contributed by atoms with Crippen LogP contribution < -0.4 is 9.80 Å². The molecule has 0 aliphatic carbocycles. The molecule has 7 nitrogen and oxygen atoms in total. The fraction of sp³-hybridized carbons (Fsp3) is 0.242. The van der Waals surface area contributed by atoms with Gasteiger partial charge in [0.15, 0.2) is 0 Å². The number of hydrogen-bond donors (Lipinski definition) is 2. The fourth-order valence-electron chi connectivity index (χ4n) is 5.14.